The van der Waals surface area contributed by atoms with E-state index >= 15 is 0 Å². The van der Waals surface area contributed by atoms with Crippen molar-refractivity contribution in [3.63, 3.8) is 0 Å². The van der Waals surface area contributed by atoms with Crippen molar-refractivity contribution in [3.8, 4) is 5.75 Å². The van der Waals surface area contributed by atoms with Crippen molar-refractivity contribution in [2.24, 2.45) is 0 Å². The molecule has 1 aliphatic rings. The molecule has 22 heavy (non-hydrogen) atoms. The molecule has 2 aromatic rings. The highest BCUT2D eigenvalue weighted by molar-refractivity contribution is 5.98. The minimum absolute atomic E-state index is 0.170. The molecule has 1 fully saturated rings. The molecule has 1 saturated heterocycles. The molecule has 1 aliphatic heterocycles. The number of aromatic nitrogens is 1. The number of nitrogens with zero attached hydrogens (tertiary/aromatic N) is 2. The standard InChI is InChI=1S/C16H18N2O4/c1-3-22-16(20)14-7-15(18-8-11(9-18)21-2)12-6-10(19)4-5-13(12)17-14/h4-7,11,19H,3,8-9H2,1-2H3. The Labute approximate surface area is 128 Å². The van der Waals surface area contributed by atoms with E-state index in [1.807, 2.05) is 0 Å². The molecule has 1 aromatic carbocycles. The molecule has 6 heteroatoms. The van der Waals surface area contributed by atoms with Gasteiger partial charge < -0.3 is 19.5 Å². The van der Waals surface area contributed by atoms with Gasteiger partial charge in [0.05, 0.1) is 18.2 Å². The summed E-state index contributed by atoms with van der Waals surface area (Å²) in [6.07, 6.45) is 0.187. The first-order valence-corrected chi connectivity index (χ1v) is 7.21. The third-order valence-electron chi connectivity index (χ3n) is 3.78. The minimum Gasteiger partial charge on any atom is -0.508 e. The maximum atomic E-state index is 12.0. The number of pyridine rings is 1. The third-order valence-corrected chi connectivity index (χ3v) is 3.78. The van der Waals surface area contributed by atoms with E-state index in [1.165, 1.54) is 0 Å². The van der Waals surface area contributed by atoms with Crippen molar-refractivity contribution in [2.45, 2.75) is 13.0 Å². The Morgan fingerprint density at radius 2 is 2.18 bits per heavy atom. The van der Waals surface area contributed by atoms with E-state index in [4.69, 9.17) is 9.47 Å². The number of rotatable bonds is 4. The Morgan fingerprint density at radius 3 is 2.86 bits per heavy atom. The van der Waals surface area contributed by atoms with Crippen molar-refractivity contribution in [1.82, 2.24) is 4.98 Å². The number of carbonyl (C=O) groups is 1. The van der Waals surface area contributed by atoms with E-state index in [9.17, 15) is 9.90 Å². The first-order valence-electron chi connectivity index (χ1n) is 7.21. The largest absolute Gasteiger partial charge is 0.508 e. The van der Waals surface area contributed by atoms with Crippen molar-refractivity contribution < 1.29 is 19.4 Å². The Bertz CT molecular complexity index is 711. The molecule has 0 aliphatic carbocycles. The molecule has 0 atom stereocenters. The van der Waals surface area contributed by atoms with Crippen molar-refractivity contribution in [3.05, 3.63) is 30.0 Å². The van der Waals surface area contributed by atoms with E-state index < -0.39 is 5.97 Å². The number of aromatic hydroxyl groups is 1. The van der Waals surface area contributed by atoms with E-state index in [1.54, 1.807) is 38.3 Å². The van der Waals surface area contributed by atoms with Gasteiger partial charge in [-0.3, -0.25) is 0 Å². The number of esters is 1. The Hall–Kier alpha value is -2.34. The number of hydrogen-bond acceptors (Lipinski definition) is 6. The SMILES string of the molecule is CCOC(=O)c1cc(N2CC(OC)C2)c2cc(O)ccc2n1. The molecular formula is C16H18N2O4. The van der Waals surface area contributed by atoms with Gasteiger partial charge in [-0.1, -0.05) is 0 Å². The Kier molecular flexibility index (Phi) is 3.85. The van der Waals surface area contributed by atoms with Crippen LogP contribution in [0.5, 0.6) is 5.75 Å². The van der Waals surface area contributed by atoms with Crippen LogP contribution in [0.4, 0.5) is 5.69 Å². The van der Waals surface area contributed by atoms with Crippen LogP contribution in [0.1, 0.15) is 17.4 Å². The number of ether oxygens (including phenoxy) is 2. The van der Waals surface area contributed by atoms with Gasteiger partial charge in [-0.2, -0.15) is 0 Å². The zero-order valence-corrected chi connectivity index (χ0v) is 12.6. The van der Waals surface area contributed by atoms with Gasteiger partial charge in [-0.25, -0.2) is 9.78 Å². The van der Waals surface area contributed by atoms with Crippen molar-refractivity contribution in [2.75, 3.05) is 31.7 Å². The summed E-state index contributed by atoms with van der Waals surface area (Å²) in [7, 11) is 1.68. The molecule has 0 amide bonds. The lowest BCUT2D eigenvalue weighted by Gasteiger charge is -2.40. The maximum absolute atomic E-state index is 12.0. The summed E-state index contributed by atoms with van der Waals surface area (Å²) in [6, 6.07) is 6.63. The van der Waals surface area contributed by atoms with Crippen LogP contribution in [-0.2, 0) is 9.47 Å². The number of hydrogen-bond donors (Lipinski definition) is 1. The molecule has 1 N–H and O–H groups in total. The van der Waals surface area contributed by atoms with Gasteiger partial charge in [-0.15, -0.1) is 0 Å². The normalized spacial score (nSPS) is 14.9. The van der Waals surface area contributed by atoms with Crippen molar-refractivity contribution >= 4 is 22.6 Å². The lowest BCUT2D eigenvalue weighted by atomic mass is 10.1. The van der Waals surface area contributed by atoms with Crippen LogP contribution >= 0.6 is 0 Å². The van der Waals surface area contributed by atoms with Gasteiger partial charge in [0, 0.05) is 31.3 Å². The number of benzene rings is 1. The number of phenolic OH excluding ortho intramolecular Hbond substituents is 1. The summed E-state index contributed by atoms with van der Waals surface area (Å²) in [4.78, 5) is 18.4. The second kappa shape index (κ2) is 5.81. The molecule has 1 aromatic heterocycles. The zero-order chi connectivity index (χ0) is 15.7. The monoisotopic (exact) mass is 302 g/mol. The van der Waals surface area contributed by atoms with Crippen LogP contribution in [0.2, 0.25) is 0 Å². The first kappa shape index (κ1) is 14.6. The van der Waals surface area contributed by atoms with Gasteiger partial charge in [0.2, 0.25) is 0 Å². The van der Waals surface area contributed by atoms with Crippen LogP contribution in [0.15, 0.2) is 24.3 Å². The molecule has 0 spiro atoms. The van der Waals surface area contributed by atoms with Crippen LogP contribution in [0, 0.1) is 0 Å². The Morgan fingerprint density at radius 1 is 1.41 bits per heavy atom. The number of phenols is 1. The molecule has 0 bridgehead atoms. The van der Waals surface area contributed by atoms with Gasteiger partial charge in [0.1, 0.15) is 5.75 Å². The second-order valence-corrected chi connectivity index (χ2v) is 5.21. The number of fused-ring (bicyclic) bond motifs is 1. The van der Waals surface area contributed by atoms with Crippen LogP contribution in [0.25, 0.3) is 10.9 Å². The van der Waals surface area contributed by atoms with E-state index in [0.29, 0.717) is 12.1 Å². The zero-order valence-electron chi connectivity index (χ0n) is 12.6. The van der Waals surface area contributed by atoms with Gasteiger partial charge in [0.15, 0.2) is 5.69 Å². The van der Waals surface area contributed by atoms with Gasteiger partial charge in [-0.05, 0) is 31.2 Å². The fourth-order valence-electron chi connectivity index (χ4n) is 2.55. The predicted octanol–water partition coefficient (Wildman–Crippen LogP) is 1.95. The highest BCUT2D eigenvalue weighted by Gasteiger charge is 2.29. The molecular weight excluding hydrogens is 284 g/mol. The fraction of sp³-hybridized carbons (Fsp3) is 0.375. The maximum Gasteiger partial charge on any atom is 0.357 e. The lowest BCUT2D eigenvalue weighted by Crippen LogP contribution is -2.52. The first-order chi connectivity index (χ1) is 10.6. The molecule has 6 nitrogen and oxygen atoms in total. The predicted molar refractivity (Wildman–Crippen MR) is 82.4 cm³/mol. The van der Waals surface area contributed by atoms with Gasteiger partial charge >= 0.3 is 5.97 Å². The number of anilines is 1. The summed E-state index contributed by atoms with van der Waals surface area (Å²) in [5, 5.41) is 10.5. The summed E-state index contributed by atoms with van der Waals surface area (Å²) < 4.78 is 10.3. The minimum atomic E-state index is -0.442. The third kappa shape index (κ3) is 2.57. The van der Waals surface area contributed by atoms with Gasteiger partial charge in [0.25, 0.3) is 0 Å². The van der Waals surface area contributed by atoms with Crippen LogP contribution in [0.3, 0.4) is 0 Å². The highest BCUT2D eigenvalue weighted by atomic mass is 16.5. The summed E-state index contributed by atoms with van der Waals surface area (Å²) in [6.45, 7) is 3.55. The van der Waals surface area contributed by atoms with E-state index in [0.717, 1.165) is 24.2 Å². The van der Waals surface area contributed by atoms with E-state index in [2.05, 4.69) is 9.88 Å². The Balaban J connectivity index is 2.06. The van der Waals surface area contributed by atoms with Crippen molar-refractivity contribution in [1.29, 1.82) is 0 Å². The second-order valence-electron chi connectivity index (χ2n) is 5.21. The molecule has 116 valence electrons. The average Bonchev–Trinajstić information content (AvgIpc) is 2.46. The molecule has 2 heterocycles. The van der Waals surface area contributed by atoms with Crippen LogP contribution in [-0.4, -0.2) is 49.0 Å². The molecule has 0 unspecified atom stereocenters. The average molecular weight is 302 g/mol. The summed E-state index contributed by atoms with van der Waals surface area (Å²) in [5.74, 6) is -0.272. The number of methoxy groups -OCH3 is 1. The number of carbonyl (C=O) groups excluding carboxylic acids is 1. The summed E-state index contributed by atoms with van der Waals surface area (Å²) >= 11 is 0. The lowest BCUT2D eigenvalue weighted by molar-refractivity contribution is 0.0520. The van der Waals surface area contributed by atoms with Crippen LogP contribution < -0.4 is 4.90 Å². The fourth-order valence-corrected chi connectivity index (χ4v) is 2.55. The topological polar surface area (TPSA) is 71.9 Å². The van der Waals surface area contributed by atoms with E-state index in [-0.39, 0.29) is 17.5 Å². The highest BCUT2D eigenvalue weighted by Crippen LogP contribution is 2.32. The molecule has 0 saturated carbocycles. The molecule has 3 rings (SSSR count). The smallest absolute Gasteiger partial charge is 0.357 e. The summed E-state index contributed by atoms with van der Waals surface area (Å²) in [5.41, 5.74) is 1.78. The molecule has 0 radical (unpaired) electrons. The quantitative estimate of drug-likeness (QED) is 0.870.